The third-order valence-electron chi connectivity index (χ3n) is 5.08. The third kappa shape index (κ3) is 3.72. The van der Waals surface area contributed by atoms with Gasteiger partial charge < -0.3 is 9.47 Å². The molecule has 2 aromatic carbocycles. The Kier molecular flexibility index (Phi) is 5.60. The van der Waals surface area contributed by atoms with E-state index in [1.165, 1.54) is 28.4 Å². The van der Waals surface area contributed by atoms with Gasteiger partial charge in [-0.15, -0.1) is 0 Å². The summed E-state index contributed by atoms with van der Waals surface area (Å²) in [6.07, 6.45) is 1.62. The monoisotopic (exact) mass is 439 g/mol. The van der Waals surface area contributed by atoms with Gasteiger partial charge in [-0.05, 0) is 24.6 Å². The zero-order chi connectivity index (χ0) is 22.1. The van der Waals surface area contributed by atoms with Crippen molar-refractivity contribution in [1.82, 2.24) is 9.88 Å². The van der Waals surface area contributed by atoms with Crippen LogP contribution >= 0.6 is 11.3 Å². The number of ether oxygens (including phenoxy) is 2. The predicted octanol–water partition coefficient (Wildman–Crippen LogP) is 3.96. The number of hydrogen-bond donors (Lipinski definition) is 1. The first-order valence-corrected chi connectivity index (χ1v) is 10.6. The molecule has 160 valence electrons. The first-order valence-electron chi connectivity index (χ1n) is 9.81. The molecule has 0 saturated carbocycles. The Bertz CT molecular complexity index is 1160. The van der Waals surface area contributed by atoms with Gasteiger partial charge in [0, 0.05) is 24.2 Å². The maximum Gasteiger partial charge on any atom is 0.261 e. The molecule has 9 heteroatoms. The number of methoxy groups -OCH3 is 2. The van der Waals surface area contributed by atoms with Gasteiger partial charge >= 0.3 is 0 Å². The summed E-state index contributed by atoms with van der Waals surface area (Å²) < 4.78 is 11.4. The minimum atomic E-state index is -0.409. The minimum Gasteiger partial charge on any atom is -0.493 e. The summed E-state index contributed by atoms with van der Waals surface area (Å²) in [7, 11) is 3.10. The lowest BCUT2D eigenvalue weighted by atomic mass is 10.1. The predicted molar refractivity (Wildman–Crippen MR) is 117 cm³/mol. The molecular formula is C22H21N3O5S. The van der Waals surface area contributed by atoms with Gasteiger partial charge in [-0.3, -0.25) is 24.6 Å². The third-order valence-corrected chi connectivity index (χ3v) is 6.02. The maximum atomic E-state index is 12.8. The van der Waals surface area contributed by atoms with Gasteiger partial charge in [-0.1, -0.05) is 24.7 Å². The van der Waals surface area contributed by atoms with Gasteiger partial charge in [0.2, 0.25) is 0 Å². The number of unbranched alkanes of at least 4 members (excludes halogenated alkanes) is 1. The summed E-state index contributed by atoms with van der Waals surface area (Å²) in [6.45, 7) is 2.37. The molecule has 0 unspecified atom stereocenters. The molecule has 0 fully saturated rings. The van der Waals surface area contributed by atoms with Crippen LogP contribution in [0.2, 0.25) is 0 Å². The fraction of sp³-hybridized carbons (Fsp3) is 0.273. The smallest absolute Gasteiger partial charge is 0.261 e. The Hall–Kier alpha value is -3.46. The Balaban J connectivity index is 1.57. The average molecular weight is 439 g/mol. The van der Waals surface area contributed by atoms with Crippen LogP contribution in [0.4, 0.5) is 5.13 Å². The second-order valence-electron chi connectivity index (χ2n) is 7.02. The maximum absolute atomic E-state index is 12.8. The molecule has 1 aromatic heterocycles. The van der Waals surface area contributed by atoms with Crippen LogP contribution in [0.5, 0.6) is 11.5 Å². The summed E-state index contributed by atoms with van der Waals surface area (Å²) in [5, 5.41) is 3.17. The van der Waals surface area contributed by atoms with Crippen molar-refractivity contribution >= 4 is 44.4 Å². The largest absolute Gasteiger partial charge is 0.493 e. The first kappa shape index (κ1) is 20.8. The summed E-state index contributed by atoms with van der Waals surface area (Å²) in [5.41, 5.74) is 1.54. The normalized spacial score (nSPS) is 12.9. The molecule has 31 heavy (non-hydrogen) atoms. The van der Waals surface area contributed by atoms with Crippen LogP contribution in [0.15, 0.2) is 30.3 Å². The summed E-state index contributed by atoms with van der Waals surface area (Å²) >= 11 is 1.30. The van der Waals surface area contributed by atoms with Crippen LogP contribution in [-0.2, 0) is 0 Å². The summed E-state index contributed by atoms with van der Waals surface area (Å²) in [6, 6.07) is 8.08. The number of rotatable bonds is 7. The molecule has 1 N–H and O–H groups in total. The molecule has 2 heterocycles. The van der Waals surface area contributed by atoms with Crippen LogP contribution < -0.4 is 14.8 Å². The fourth-order valence-corrected chi connectivity index (χ4v) is 4.30. The zero-order valence-electron chi connectivity index (χ0n) is 17.4. The number of amides is 3. The van der Waals surface area contributed by atoms with Crippen LogP contribution in [0, 0.1) is 0 Å². The van der Waals surface area contributed by atoms with Gasteiger partial charge in [0.15, 0.2) is 16.6 Å². The number of hydrogen-bond acceptors (Lipinski definition) is 7. The van der Waals surface area contributed by atoms with Crippen LogP contribution in [0.25, 0.3) is 10.2 Å². The second-order valence-corrected chi connectivity index (χ2v) is 8.05. The number of aromatic nitrogens is 1. The number of benzene rings is 2. The number of carbonyl (C=O) groups excluding carboxylic acids is 3. The van der Waals surface area contributed by atoms with E-state index in [1.807, 2.05) is 6.92 Å². The van der Waals surface area contributed by atoms with Crippen LogP contribution in [-0.4, -0.2) is 48.4 Å². The number of fused-ring (bicyclic) bond motifs is 2. The molecule has 8 nitrogen and oxygen atoms in total. The van der Waals surface area contributed by atoms with Gasteiger partial charge in [0.05, 0.1) is 35.6 Å². The van der Waals surface area contributed by atoms with Crippen molar-refractivity contribution in [2.45, 2.75) is 19.8 Å². The fourth-order valence-electron chi connectivity index (χ4n) is 3.43. The SMILES string of the molecule is CCCCN1C(=O)c2ccc(C(=O)Nc3nc4cc(OC)c(OC)cc4s3)cc2C1=O. The Morgan fingerprint density at radius 2 is 1.77 bits per heavy atom. The van der Waals surface area contributed by atoms with E-state index in [0.717, 1.165) is 17.5 Å². The van der Waals surface area contributed by atoms with Gasteiger partial charge in [-0.25, -0.2) is 4.98 Å². The number of imide groups is 1. The molecule has 4 rings (SSSR count). The molecule has 0 atom stereocenters. The molecule has 0 aliphatic carbocycles. The number of anilines is 1. The summed E-state index contributed by atoms with van der Waals surface area (Å²) in [5.74, 6) is 0.0448. The Morgan fingerprint density at radius 3 is 2.48 bits per heavy atom. The lowest BCUT2D eigenvalue weighted by Crippen LogP contribution is -2.30. The van der Waals surface area contributed by atoms with Crippen molar-refractivity contribution in [2.24, 2.45) is 0 Å². The van der Waals surface area contributed by atoms with Crippen LogP contribution in [0.1, 0.15) is 50.8 Å². The molecule has 3 amide bonds. The number of thiazole rings is 1. The molecule has 0 spiro atoms. The highest BCUT2D eigenvalue weighted by atomic mass is 32.1. The number of nitrogens with zero attached hydrogens (tertiary/aromatic N) is 2. The standard InChI is InChI=1S/C22H21N3O5S/c1-4-5-8-25-20(27)13-7-6-12(9-14(13)21(25)28)19(26)24-22-23-15-10-16(29-2)17(30-3)11-18(15)31-22/h6-7,9-11H,4-5,8H2,1-3H3,(H,23,24,26). The van der Waals surface area contributed by atoms with E-state index in [4.69, 9.17) is 9.47 Å². The Morgan fingerprint density at radius 1 is 1.06 bits per heavy atom. The molecular weight excluding hydrogens is 418 g/mol. The van der Waals surface area contributed by atoms with Crippen molar-refractivity contribution in [3.05, 3.63) is 47.0 Å². The second kappa shape index (κ2) is 8.35. The summed E-state index contributed by atoms with van der Waals surface area (Å²) in [4.78, 5) is 43.5. The van der Waals surface area contributed by atoms with Crippen molar-refractivity contribution in [3.8, 4) is 11.5 Å². The molecule has 0 bridgehead atoms. The van der Waals surface area contributed by atoms with Crippen molar-refractivity contribution in [2.75, 3.05) is 26.1 Å². The first-order chi connectivity index (χ1) is 15.0. The van der Waals surface area contributed by atoms with Gasteiger partial charge in [-0.2, -0.15) is 0 Å². The molecule has 3 aromatic rings. The topological polar surface area (TPSA) is 97.8 Å². The zero-order valence-corrected chi connectivity index (χ0v) is 18.2. The molecule has 0 saturated heterocycles. The van der Waals surface area contributed by atoms with Crippen molar-refractivity contribution in [1.29, 1.82) is 0 Å². The highest BCUT2D eigenvalue weighted by molar-refractivity contribution is 7.22. The van der Waals surface area contributed by atoms with E-state index in [2.05, 4.69) is 10.3 Å². The lowest BCUT2D eigenvalue weighted by molar-refractivity contribution is 0.0652. The molecule has 1 aliphatic rings. The van der Waals surface area contributed by atoms with Crippen molar-refractivity contribution < 1.29 is 23.9 Å². The van der Waals surface area contributed by atoms with E-state index in [1.54, 1.807) is 32.4 Å². The highest BCUT2D eigenvalue weighted by Crippen LogP contribution is 2.36. The van der Waals surface area contributed by atoms with Crippen LogP contribution in [0.3, 0.4) is 0 Å². The van der Waals surface area contributed by atoms with E-state index in [9.17, 15) is 14.4 Å². The minimum absolute atomic E-state index is 0.257. The quantitative estimate of drug-likeness (QED) is 0.560. The molecule has 0 radical (unpaired) electrons. The van der Waals surface area contributed by atoms with Crippen molar-refractivity contribution in [3.63, 3.8) is 0 Å². The number of carbonyl (C=O) groups is 3. The van der Waals surface area contributed by atoms with Gasteiger partial charge in [0.25, 0.3) is 17.7 Å². The van der Waals surface area contributed by atoms with Gasteiger partial charge in [0.1, 0.15) is 0 Å². The average Bonchev–Trinajstić information content (AvgIpc) is 3.28. The molecule has 1 aliphatic heterocycles. The number of nitrogens with one attached hydrogen (secondary N) is 1. The lowest BCUT2D eigenvalue weighted by Gasteiger charge is -2.12. The highest BCUT2D eigenvalue weighted by Gasteiger charge is 2.35. The van der Waals surface area contributed by atoms with E-state index >= 15 is 0 Å². The van der Waals surface area contributed by atoms with E-state index < -0.39 is 5.91 Å². The Labute approximate surface area is 182 Å². The van der Waals surface area contributed by atoms with E-state index in [-0.39, 0.29) is 22.9 Å². The van der Waals surface area contributed by atoms with E-state index in [0.29, 0.717) is 34.3 Å².